The number of amides is 1. The summed E-state index contributed by atoms with van der Waals surface area (Å²) in [6, 6.07) is 5.67. The molecule has 0 bridgehead atoms. The number of hydrogen-bond acceptors (Lipinski definition) is 3. The molecule has 1 N–H and O–H groups in total. The maximum Gasteiger partial charge on any atom is 0.251 e. The van der Waals surface area contributed by atoms with Crippen LogP contribution in [-0.2, 0) is 0 Å². The van der Waals surface area contributed by atoms with Gasteiger partial charge in [0.05, 0.1) is 11.6 Å². The number of carbonyl (C=O) groups is 1. The number of carbonyl (C=O) groups excluding carboxylic acids is 1. The van der Waals surface area contributed by atoms with Crippen LogP contribution in [0.2, 0.25) is 0 Å². The minimum atomic E-state index is -0.0131. The predicted molar refractivity (Wildman–Crippen MR) is 73.9 cm³/mol. The van der Waals surface area contributed by atoms with E-state index in [1.807, 2.05) is 11.8 Å². The summed E-state index contributed by atoms with van der Waals surface area (Å²) in [6.45, 7) is 0. The number of nitrogens with one attached hydrogen (secondary N) is 1. The summed E-state index contributed by atoms with van der Waals surface area (Å²) in [5, 5.41) is 3.04. The quantitative estimate of drug-likeness (QED) is 0.932. The van der Waals surface area contributed by atoms with Crippen LogP contribution in [0.1, 0.15) is 16.8 Å². The zero-order valence-corrected chi connectivity index (χ0v) is 11.9. The van der Waals surface area contributed by atoms with Crippen LogP contribution < -0.4 is 10.1 Å². The number of halogens is 1. The zero-order valence-electron chi connectivity index (χ0n) is 9.53. The Morgan fingerprint density at radius 3 is 3.00 bits per heavy atom. The van der Waals surface area contributed by atoms with Gasteiger partial charge in [0, 0.05) is 17.4 Å². The molecule has 1 heterocycles. The Hall–Kier alpha value is -0.680. The van der Waals surface area contributed by atoms with Crippen LogP contribution in [0.5, 0.6) is 5.75 Å². The molecule has 3 nitrogen and oxygen atoms in total. The summed E-state index contributed by atoms with van der Waals surface area (Å²) >= 11 is 5.26. The van der Waals surface area contributed by atoms with Crippen LogP contribution in [0, 0.1) is 0 Å². The van der Waals surface area contributed by atoms with Gasteiger partial charge in [0.25, 0.3) is 5.91 Å². The van der Waals surface area contributed by atoms with Gasteiger partial charge in [-0.1, -0.05) is 0 Å². The first kappa shape index (κ1) is 12.8. The Balaban J connectivity index is 2.05. The minimum absolute atomic E-state index is 0.0131. The van der Waals surface area contributed by atoms with Crippen molar-refractivity contribution in [3.05, 3.63) is 28.2 Å². The van der Waals surface area contributed by atoms with E-state index in [9.17, 15) is 4.79 Å². The van der Waals surface area contributed by atoms with Gasteiger partial charge < -0.3 is 10.1 Å². The van der Waals surface area contributed by atoms with Crippen LogP contribution in [0.4, 0.5) is 0 Å². The summed E-state index contributed by atoms with van der Waals surface area (Å²) in [4.78, 5) is 12.0. The lowest BCUT2D eigenvalue weighted by atomic mass is 10.2. The molecule has 17 heavy (non-hydrogen) atoms. The molecule has 2 rings (SSSR count). The largest absolute Gasteiger partial charge is 0.496 e. The number of rotatable bonds is 3. The highest BCUT2D eigenvalue weighted by molar-refractivity contribution is 9.10. The predicted octanol–water partition coefficient (Wildman–Crippen LogP) is 2.69. The summed E-state index contributed by atoms with van der Waals surface area (Å²) in [7, 11) is 1.61. The third kappa shape index (κ3) is 3.16. The van der Waals surface area contributed by atoms with Gasteiger partial charge in [-0.2, -0.15) is 11.8 Å². The van der Waals surface area contributed by atoms with Crippen molar-refractivity contribution in [1.82, 2.24) is 5.32 Å². The van der Waals surface area contributed by atoms with Gasteiger partial charge in [0.2, 0.25) is 0 Å². The van der Waals surface area contributed by atoms with Gasteiger partial charge in [-0.25, -0.2) is 0 Å². The Morgan fingerprint density at radius 1 is 1.59 bits per heavy atom. The third-order valence-corrected chi connectivity index (χ3v) is 4.46. The number of methoxy groups -OCH3 is 1. The molecule has 1 amide bonds. The highest BCUT2D eigenvalue weighted by Gasteiger charge is 2.18. The third-order valence-electron chi connectivity index (χ3n) is 2.68. The van der Waals surface area contributed by atoms with Crippen molar-refractivity contribution < 1.29 is 9.53 Å². The van der Waals surface area contributed by atoms with Gasteiger partial charge in [-0.3, -0.25) is 4.79 Å². The van der Waals surface area contributed by atoms with E-state index in [1.54, 1.807) is 25.3 Å². The van der Waals surface area contributed by atoms with Crippen LogP contribution in [0.15, 0.2) is 22.7 Å². The number of ether oxygens (including phenoxy) is 1. The fraction of sp³-hybridized carbons (Fsp3) is 0.417. The van der Waals surface area contributed by atoms with E-state index >= 15 is 0 Å². The first-order chi connectivity index (χ1) is 8.20. The van der Waals surface area contributed by atoms with Crippen molar-refractivity contribution in [2.75, 3.05) is 18.6 Å². The number of hydrogen-bond donors (Lipinski definition) is 1. The molecule has 0 radical (unpaired) electrons. The average molecular weight is 316 g/mol. The van der Waals surface area contributed by atoms with Gasteiger partial charge in [-0.15, -0.1) is 0 Å². The molecule has 1 aliphatic heterocycles. The molecule has 1 atom stereocenters. The highest BCUT2D eigenvalue weighted by Crippen LogP contribution is 2.25. The van der Waals surface area contributed by atoms with Crippen molar-refractivity contribution >= 4 is 33.6 Å². The maximum absolute atomic E-state index is 12.0. The fourth-order valence-corrected chi connectivity index (χ4v) is 3.42. The standard InChI is InChI=1S/C12H14BrNO2S/c1-16-11-3-2-8(6-10(11)13)12(15)14-9-4-5-17-7-9/h2-3,6,9H,4-5,7H2,1H3,(H,14,15). The lowest BCUT2D eigenvalue weighted by Gasteiger charge is -2.12. The second-order valence-corrected chi connectivity index (χ2v) is 5.89. The van der Waals surface area contributed by atoms with E-state index in [2.05, 4.69) is 21.2 Å². The smallest absolute Gasteiger partial charge is 0.251 e. The first-order valence-electron chi connectivity index (χ1n) is 5.43. The van der Waals surface area contributed by atoms with E-state index in [-0.39, 0.29) is 5.91 Å². The van der Waals surface area contributed by atoms with Crippen molar-refractivity contribution in [3.63, 3.8) is 0 Å². The summed E-state index contributed by atoms with van der Waals surface area (Å²) < 4.78 is 5.93. The molecule has 0 saturated carbocycles. The molecule has 1 aromatic rings. The topological polar surface area (TPSA) is 38.3 Å². The van der Waals surface area contributed by atoms with Crippen molar-refractivity contribution in [3.8, 4) is 5.75 Å². The molecule has 1 unspecified atom stereocenters. The molecule has 5 heteroatoms. The molecule has 0 spiro atoms. The number of benzene rings is 1. The Kier molecular flexibility index (Phi) is 4.34. The highest BCUT2D eigenvalue weighted by atomic mass is 79.9. The summed E-state index contributed by atoms with van der Waals surface area (Å²) in [5.41, 5.74) is 0.662. The van der Waals surface area contributed by atoms with Gasteiger partial charge in [0.1, 0.15) is 5.75 Å². The Bertz CT molecular complexity index is 419. The van der Waals surface area contributed by atoms with Crippen LogP contribution >= 0.6 is 27.7 Å². The molecule has 1 fully saturated rings. The van der Waals surface area contributed by atoms with E-state index in [1.165, 1.54) is 0 Å². The molecule has 0 aliphatic carbocycles. The second kappa shape index (κ2) is 5.78. The molecule has 0 aromatic heterocycles. The molecule has 1 saturated heterocycles. The molecule has 92 valence electrons. The maximum atomic E-state index is 12.0. The van der Waals surface area contributed by atoms with Crippen LogP contribution in [0.25, 0.3) is 0 Å². The van der Waals surface area contributed by atoms with Crippen molar-refractivity contribution in [2.24, 2.45) is 0 Å². The van der Waals surface area contributed by atoms with E-state index in [4.69, 9.17) is 4.74 Å². The van der Waals surface area contributed by atoms with Crippen molar-refractivity contribution in [1.29, 1.82) is 0 Å². The number of thioether (sulfide) groups is 1. The van der Waals surface area contributed by atoms with E-state index in [0.29, 0.717) is 11.6 Å². The summed E-state index contributed by atoms with van der Waals surface area (Å²) in [6.07, 6.45) is 1.06. The molecule has 1 aliphatic rings. The Morgan fingerprint density at radius 2 is 2.41 bits per heavy atom. The summed E-state index contributed by atoms with van der Waals surface area (Å²) in [5.74, 6) is 2.87. The van der Waals surface area contributed by atoms with Gasteiger partial charge in [-0.05, 0) is 46.3 Å². The normalized spacial score (nSPS) is 19.1. The van der Waals surface area contributed by atoms with E-state index in [0.717, 1.165) is 28.1 Å². The van der Waals surface area contributed by atoms with Crippen LogP contribution in [0.3, 0.4) is 0 Å². The monoisotopic (exact) mass is 315 g/mol. The molecular formula is C12H14BrNO2S. The van der Waals surface area contributed by atoms with Gasteiger partial charge in [0.15, 0.2) is 0 Å². The lowest BCUT2D eigenvalue weighted by Crippen LogP contribution is -2.34. The average Bonchev–Trinajstić information content (AvgIpc) is 2.81. The van der Waals surface area contributed by atoms with Crippen molar-refractivity contribution in [2.45, 2.75) is 12.5 Å². The fourth-order valence-electron chi connectivity index (χ4n) is 1.72. The SMILES string of the molecule is COc1ccc(C(=O)NC2CCSC2)cc1Br. The van der Waals surface area contributed by atoms with E-state index < -0.39 is 0 Å². The Labute approximate surface area is 113 Å². The van der Waals surface area contributed by atoms with Crippen LogP contribution in [-0.4, -0.2) is 30.6 Å². The molecule has 1 aromatic carbocycles. The van der Waals surface area contributed by atoms with Gasteiger partial charge >= 0.3 is 0 Å². The molecular weight excluding hydrogens is 302 g/mol. The second-order valence-electron chi connectivity index (χ2n) is 3.88. The zero-order chi connectivity index (χ0) is 12.3. The lowest BCUT2D eigenvalue weighted by molar-refractivity contribution is 0.0941. The first-order valence-corrected chi connectivity index (χ1v) is 7.37. The minimum Gasteiger partial charge on any atom is -0.496 e.